The van der Waals surface area contributed by atoms with Gasteiger partial charge in [-0.3, -0.25) is 4.68 Å². The molecule has 5 atom stereocenters. The topological polar surface area (TPSA) is 95.7 Å². The molecule has 0 radical (unpaired) electrons. The Labute approximate surface area is 172 Å². The van der Waals surface area contributed by atoms with E-state index in [0.29, 0.717) is 31.4 Å². The number of nitrogens with zero attached hydrogens (tertiary/aromatic N) is 3. The van der Waals surface area contributed by atoms with Gasteiger partial charge in [0.1, 0.15) is 4.90 Å². The number of rotatable bonds is 3. The molecular weight excluding hydrogens is 390 g/mol. The van der Waals surface area contributed by atoms with E-state index in [2.05, 4.69) is 5.10 Å². The molecule has 2 aromatic rings. The third kappa shape index (κ3) is 3.22. The van der Waals surface area contributed by atoms with Crippen LogP contribution in [-0.4, -0.2) is 51.0 Å². The second-order valence-electron chi connectivity index (χ2n) is 8.68. The van der Waals surface area contributed by atoms with E-state index in [1.165, 1.54) is 4.68 Å². The summed E-state index contributed by atoms with van der Waals surface area (Å²) in [6.07, 6.45) is 1.93. The van der Waals surface area contributed by atoms with Gasteiger partial charge in [-0.15, -0.1) is 0 Å². The van der Waals surface area contributed by atoms with Crippen molar-refractivity contribution in [3.05, 3.63) is 47.8 Å². The van der Waals surface area contributed by atoms with Crippen molar-refractivity contribution in [2.45, 2.75) is 68.7 Å². The molecule has 2 N–H and O–H groups in total. The Balaban J connectivity index is 1.88. The average molecular weight is 420 g/mol. The van der Waals surface area contributed by atoms with Crippen LogP contribution >= 0.6 is 0 Å². The molecule has 0 bridgehead atoms. The summed E-state index contributed by atoms with van der Waals surface area (Å²) >= 11 is 0. The fourth-order valence-electron chi connectivity index (χ4n) is 5.26. The maximum Gasteiger partial charge on any atom is 0.247 e. The summed E-state index contributed by atoms with van der Waals surface area (Å²) in [7, 11) is -2.15. The summed E-state index contributed by atoms with van der Waals surface area (Å²) in [4.78, 5) is 0.199. The molecule has 2 fully saturated rings. The van der Waals surface area contributed by atoms with Crippen LogP contribution < -0.4 is 0 Å². The van der Waals surface area contributed by atoms with E-state index < -0.39 is 39.7 Å². The highest BCUT2D eigenvalue weighted by Gasteiger charge is 2.59. The van der Waals surface area contributed by atoms with Crippen LogP contribution in [0.5, 0.6) is 0 Å². The Morgan fingerprint density at radius 2 is 1.86 bits per heavy atom. The predicted octanol–water partition coefficient (Wildman–Crippen LogP) is 2.14. The Morgan fingerprint density at radius 3 is 2.48 bits per heavy atom. The van der Waals surface area contributed by atoms with Gasteiger partial charge in [0.05, 0.1) is 23.9 Å². The molecule has 29 heavy (non-hydrogen) atoms. The van der Waals surface area contributed by atoms with E-state index >= 15 is 0 Å². The van der Waals surface area contributed by atoms with Crippen molar-refractivity contribution in [3.8, 4) is 0 Å². The SMILES string of the molecule is Cc1nn(C)cc1S(=O)(=O)N1[C@@H](c2ccccc2)C[C@@]2(C)[C@@H](O)[C@H](O)CCC[C@@H]12. The number of benzene rings is 1. The van der Waals surface area contributed by atoms with Crippen LogP contribution in [0.15, 0.2) is 41.4 Å². The van der Waals surface area contributed by atoms with Crippen molar-refractivity contribution in [2.24, 2.45) is 12.5 Å². The molecule has 0 amide bonds. The van der Waals surface area contributed by atoms with Crippen LogP contribution in [0.2, 0.25) is 0 Å². The molecule has 7 nitrogen and oxygen atoms in total. The van der Waals surface area contributed by atoms with Crippen molar-refractivity contribution in [3.63, 3.8) is 0 Å². The number of hydrogen-bond donors (Lipinski definition) is 2. The molecule has 1 saturated heterocycles. The van der Waals surface area contributed by atoms with E-state index in [4.69, 9.17) is 0 Å². The van der Waals surface area contributed by atoms with Crippen LogP contribution in [-0.2, 0) is 17.1 Å². The van der Waals surface area contributed by atoms with Crippen LogP contribution in [0.1, 0.15) is 49.9 Å². The number of aliphatic hydroxyl groups is 2. The monoisotopic (exact) mass is 419 g/mol. The first-order valence-corrected chi connectivity index (χ1v) is 11.5. The van der Waals surface area contributed by atoms with E-state index in [1.807, 2.05) is 37.3 Å². The first-order chi connectivity index (χ1) is 13.7. The Bertz CT molecular complexity index is 991. The number of aromatic nitrogens is 2. The zero-order valence-corrected chi connectivity index (χ0v) is 17.9. The fourth-order valence-corrected chi connectivity index (χ4v) is 7.40. The molecule has 1 aliphatic heterocycles. The van der Waals surface area contributed by atoms with E-state index in [1.54, 1.807) is 24.5 Å². The number of hydrogen-bond acceptors (Lipinski definition) is 5. The maximum absolute atomic E-state index is 13.9. The average Bonchev–Trinajstić information content (AvgIpc) is 3.16. The molecule has 2 aliphatic rings. The number of sulfonamides is 1. The molecule has 4 rings (SSSR count). The summed E-state index contributed by atoms with van der Waals surface area (Å²) in [6, 6.07) is 8.76. The predicted molar refractivity (Wildman–Crippen MR) is 109 cm³/mol. The lowest BCUT2D eigenvalue weighted by molar-refractivity contribution is -0.0594. The second-order valence-corrected chi connectivity index (χ2v) is 10.5. The quantitative estimate of drug-likeness (QED) is 0.795. The standard InChI is InChI=1S/C21H29N3O4S/c1-14-18(13-23(3)22-14)29(27,28)24-16(15-8-5-4-6-9-15)12-21(2)19(24)11-7-10-17(25)20(21)26/h4-6,8-9,13,16-17,19-20,25-26H,7,10-12H2,1-3H3/t16-,17-,19-,20+,21-/m1/s1. The molecule has 1 aliphatic carbocycles. The van der Waals surface area contributed by atoms with E-state index in [9.17, 15) is 18.6 Å². The normalized spacial score (nSPS) is 33.4. The number of fused-ring (bicyclic) bond motifs is 1. The largest absolute Gasteiger partial charge is 0.390 e. The lowest BCUT2D eigenvalue weighted by atomic mass is 9.74. The Hall–Kier alpha value is -1.74. The first kappa shape index (κ1) is 20.5. The number of aliphatic hydroxyl groups excluding tert-OH is 2. The van der Waals surface area contributed by atoms with E-state index in [0.717, 1.165) is 5.56 Å². The van der Waals surface area contributed by atoms with E-state index in [-0.39, 0.29) is 4.90 Å². The highest BCUT2D eigenvalue weighted by atomic mass is 32.2. The van der Waals surface area contributed by atoms with Crippen LogP contribution in [0, 0.1) is 12.3 Å². The van der Waals surface area contributed by atoms with Crippen molar-refractivity contribution in [2.75, 3.05) is 0 Å². The molecule has 0 unspecified atom stereocenters. The van der Waals surface area contributed by atoms with Gasteiger partial charge in [0.25, 0.3) is 0 Å². The highest BCUT2D eigenvalue weighted by molar-refractivity contribution is 7.89. The third-order valence-electron chi connectivity index (χ3n) is 6.73. The minimum atomic E-state index is -3.85. The smallest absolute Gasteiger partial charge is 0.247 e. The lowest BCUT2D eigenvalue weighted by Crippen LogP contribution is -2.49. The van der Waals surface area contributed by atoms with Gasteiger partial charge in [0.2, 0.25) is 10.0 Å². The van der Waals surface area contributed by atoms with Gasteiger partial charge >= 0.3 is 0 Å². The molecule has 2 heterocycles. The van der Waals surface area contributed by atoms with Crippen LogP contribution in [0.3, 0.4) is 0 Å². The van der Waals surface area contributed by atoms with Crippen molar-refractivity contribution >= 4 is 10.0 Å². The Kier molecular flexibility index (Phi) is 5.09. The van der Waals surface area contributed by atoms with Gasteiger partial charge in [-0.1, -0.05) is 37.3 Å². The summed E-state index contributed by atoms with van der Waals surface area (Å²) in [5, 5.41) is 25.7. The molecule has 8 heteroatoms. The van der Waals surface area contributed by atoms with Gasteiger partial charge in [-0.05, 0) is 38.2 Å². The molecule has 1 aromatic carbocycles. The lowest BCUT2D eigenvalue weighted by Gasteiger charge is -2.37. The molecular formula is C21H29N3O4S. The zero-order chi connectivity index (χ0) is 21.0. The van der Waals surface area contributed by atoms with Crippen molar-refractivity contribution < 1.29 is 18.6 Å². The fraction of sp³-hybridized carbons (Fsp3) is 0.571. The minimum Gasteiger partial charge on any atom is -0.390 e. The van der Waals surface area contributed by atoms with Crippen LogP contribution in [0.4, 0.5) is 0 Å². The summed E-state index contributed by atoms with van der Waals surface area (Å²) in [5.74, 6) is 0. The third-order valence-corrected chi connectivity index (χ3v) is 8.76. The Morgan fingerprint density at radius 1 is 1.17 bits per heavy atom. The zero-order valence-electron chi connectivity index (χ0n) is 17.1. The molecule has 1 aromatic heterocycles. The molecule has 158 valence electrons. The highest BCUT2D eigenvalue weighted by Crippen LogP contribution is 2.55. The summed E-state index contributed by atoms with van der Waals surface area (Å²) < 4.78 is 30.9. The van der Waals surface area contributed by atoms with Gasteiger partial charge in [-0.2, -0.15) is 9.40 Å². The van der Waals surface area contributed by atoms with Gasteiger partial charge < -0.3 is 10.2 Å². The second kappa shape index (κ2) is 7.19. The van der Waals surface area contributed by atoms with Gasteiger partial charge in [0, 0.05) is 24.7 Å². The first-order valence-electron chi connectivity index (χ1n) is 10.1. The van der Waals surface area contributed by atoms with Gasteiger partial charge in [-0.25, -0.2) is 8.42 Å². The van der Waals surface area contributed by atoms with Gasteiger partial charge in [0.15, 0.2) is 0 Å². The number of aryl methyl sites for hydroxylation is 2. The summed E-state index contributed by atoms with van der Waals surface area (Å²) in [6.45, 7) is 3.61. The van der Waals surface area contributed by atoms with Crippen molar-refractivity contribution in [1.29, 1.82) is 0 Å². The minimum absolute atomic E-state index is 0.199. The van der Waals surface area contributed by atoms with Crippen molar-refractivity contribution in [1.82, 2.24) is 14.1 Å². The summed E-state index contributed by atoms with van der Waals surface area (Å²) in [5.41, 5.74) is 0.621. The molecule has 0 spiro atoms. The van der Waals surface area contributed by atoms with Crippen LogP contribution in [0.25, 0.3) is 0 Å². The molecule has 1 saturated carbocycles. The maximum atomic E-state index is 13.9.